The maximum Gasteiger partial charge on any atom is 0.251 e. The molecule has 0 radical (unpaired) electrons. The van der Waals surface area contributed by atoms with Gasteiger partial charge in [-0.15, -0.1) is 0 Å². The van der Waals surface area contributed by atoms with E-state index in [4.69, 9.17) is 9.47 Å². The highest BCUT2D eigenvalue weighted by molar-refractivity contribution is 5.94. The monoisotopic (exact) mass is 333 g/mol. The van der Waals surface area contributed by atoms with Crippen molar-refractivity contribution in [3.63, 3.8) is 0 Å². The molecule has 0 bridgehead atoms. The summed E-state index contributed by atoms with van der Waals surface area (Å²) in [7, 11) is 2.82. The van der Waals surface area contributed by atoms with Gasteiger partial charge in [0.2, 0.25) is 0 Å². The van der Waals surface area contributed by atoms with Crippen molar-refractivity contribution in [3.8, 4) is 5.75 Å². The van der Waals surface area contributed by atoms with Gasteiger partial charge in [-0.25, -0.2) is 4.39 Å². The van der Waals surface area contributed by atoms with Gasteiger partial charge in [0, 0.05) is 12.7 Å². The first-order valence-electron chi connectivity index (χ1n) is 7.39. The highest BCUT2D eigenvalue weighted by Gasteiger charge is 2.30. The van der Waals surface area contributed by atoms with E-state index in [0.717, 1.165) is 6.07 Å². The van der Waals surface area contributed by atoms with E-state index in [1.54, 1.807) is 24.3 Å². The number of aliphatic hydroxyl groups is 1. The molecule has 0 saturated heterocycles. The van der Waals surface area contributed by atoms with Crippen molar-refractivity contribution in [3.05, 3.63) is 65.5 Å². The highest BCUT2D eigenvalue weighted by atomic mass is 19.1. The molecule has 0 aromatic heterocycles. The average molecular weight is 333 g/mol. The number of benzene rings is 2. The van der Waals surface area contributed by atoms with Crippen molar-refractivity contribution in [1.82, 2.24) is 5.32 Å². The van der Waals surface area contributed by atoms with Gasteiger partial charge in [-0.05, 0) is 23.8 Å². The maximum atomic E-state index is 13.7. The molecule has 0 fully saturated rings. The quantitative estimate of drug-likeness (QED) is 0.814. The number of carbonyl (C=O) groups excluding carboxylic acids is 1. The number of amides is 1. The standard InChI is InChI=1S/C18H20FNO4/c1-23-12-18(22,14-6-4-3-5-7-14)11-20-17(21)13-8-9-16(24-2)15(19)10-13/h3-10,22H,11-12H2,1-2H3,(H,20,21)/t18-/m1/s1. The third-order valence-corrected chi connectivity index (χ3v) is 3.65. The van der Waals surface area contributed by atoms with E-state index in [1.165, 1.54) is 26.4 Å². The maximum absolute atomic E-state index is 13.7. The van der Waals surface area contributed by atoms with Crippen LogP contribution in [-0.4, -0.2) is 38.4 Å². The van der Waals surface area contributed by atoms with E-state index >= 15 is 0 Å². The van der Waals surface area contributed by atoms with Gasteiger partial charge in [0.05, 0.1) is 20.3 Å². The molecule has 0 heterocycles. The molecule has 2 aromatic carbocycles. The van der Waals surface area contributed by atoms with E-state index in [2.05, 4.69) is 5.32 Å². The second-order valence-corrected chi connectivity index (χ2v) is 5.36. The van der Waals surface area contributed by atoms with Crippen LogP contribution in [0.25, 0.3) is 0 Å². The summed E-state index contributed by atoms with van der Waals surface area (Å²) in [5.41, 5.74) is -0.620. The van der Waals surface area contributed by atoms with Crippen molar-refractivity contribution in [1.29, 1.82) is 0 Å². The summed E-state index contributed by atoms with van der Waals surface area (Å²) < 4.78 is 23.6. The molecular formula is C18H20FNO4. The molecule has 0 aliphatic heterocycles. The molecule has 0 spiro atoms. The molecule has 2 aromatic rings. The minimum Gasteiger partial charge on any atom is -0.494 e. The second kappa shape index (κ2) is 7.90. The minimum atomic E-state index is -1.38. The SMILES string of the molecule is COC[C@](O)(CNC(=O)c1ccc(OC)c(F)c1)c1ccccc1. The van der Waals surface area contributed by atoms with E-state index in [9.17, 15) is 14.3 Å². The van der Waals surface area contributed by atoms with Gasteiger partial charge in [0.1, 0.15) is 5.60 Å². The van der Waals surface area contributed by atoms with E-state index in [1.807, 2.05) is 6.07 Å². The Bertz CT molecular complexity index is 693. The Morgan fingerprint density at radius 2 is 1.92 bits per heavy atom. The molecule has 0 unspecified atom stereocenters. The number of hydrogen-bond donors (Lipinski definition) is 2. The largest absolute Gasteiger partial charge is 0.494 e. The first kappa shape index (κ1) is 17.9. The molecule has 6 heteroatoms. The third-order valence-electron chi connectivity index (χ3n) is 3.65. The number of nitrogens with one attached hydrogen (secondary N) is 1. The van der Waals surface area contributed by atoms with E-state index in [0.29, 0.717) is 5.56 Å². The molecule has 0 aliphatic carbocycles. The van der Waals surface area contributed by atoms with Crippen LogP contribution in [-0.2, 0) is 10.3 Å². The zero-order valence-corrected chi connectivity index (χ0v) is 13.6. The molecule has 0 aliphatic rings. The van der Waals surface area contributed by atoms with Gasteiger partial charge in [0.25, 0.3) is 5.91 Å². The van der Waals surface area contributed by atoms with Gasteiger partial charge in [-0.2, -0.15) is 0 Å². The molecule has 2 N–H and O–H groups in total. The minimum absolute atomic E-state index is 0.00820. The predicted octanol–water partition coefficient (Wildman–Crippen LogP) is 2.10. The Labute approximate surface area is 140 Å². The third kappa shape index (κ3) is 4.10. The van der Waals surface area contributed by atoms with Crippen LogP contribution < -0.4 is 10.1 Å². The molecule has 1 atom stereocenters. The van der Waals surface area contributed by atoms with Crippen molar-refractivity contribution >= 4 is 5.91 Å². The van der Waals surface area contributed by atoms with Crippen LogP contribution in [0.5, 0.6) is 5.75 Å². The summed E-state index contributed by atoms with van der Waals surface area (Å²) in [6.45, 7) is -0.0639. The van der Waals surface area contributed by atoms with Crippen molar-refractivity contribution in [2.24, 2.45) is 0 Å². The van der Waals surface area contributed by atoms with Crippen molar-refractivity contribution in [2.75, 3.05) is 27.4 Å². The predicted molar refractivity (Wildman–Crippen MR) is 87.5 cm³/mol. The Balaban J connectivity index is 2.12. The number of hydrogen-bond acceptors (Lipinski definition) is 4. The smallest absolute Gasteiger partial charge is 0.251 e. The lowest BCUT2D eigenvalue weighted by atomic mass is 9.94. The fourth-order valence-corrected chi connectivity index (χ4v) is 2.36. The molecule has 128 valence electrons. The Kier molecular flexibility index (Phi) is 5.89. The summed E-state index contributed by atoms with van der Waals surface area (Å²) in [5, 5.41) is 13.4. The van der Waals surface area contributed by atoms with Gasteiger partial charge < -0.3 is 19.9 Å². The summed E-state index contributed by atoms with van der Waals surface area (Å²) in [4.78, 5) is 12.2. The number of rotatable bonds is 7. The van der Waals surface area contributed by atoms with Crippen LogP contribution in [0.3, 0.4) is 0 Å². The van der Waals surface area contributed by atoms with Crippen molar-refractivity contribution < 1.29 is 23.8 Å². The topological polar surface area (TPSA) is 67.8 Å². The lowest BCUT2D eigenvalue weighted by Crippen LogP contribution is -2.44. The van der Waals surface area contributed by atoms with Gasteiger partial charge >= 0.3 is 0 Å². The average Bonchev–Trinajstić information content (AvgIpc) is 2.60. The summed E-state index contributed by atoms with van der Waals surface area (Å²) in [5.74, 6) is -1.06. The van der Waals surface area contributed by atoms with Crippen LogP contribution >= 0.6 is 0 Å². The molecule has 2 rings (SSSR count). The van der Waals surface area contributed by atoms with Gasteiger partial charge in [0.15, 0.2) is 11.6 Å². The van der Waals surface area contributed by atoms with Crippen LogP contribution in [0, 0.1) is 5.82 Å². The van der Waals surface area contributed by atoms with Crippen LogP contribution in [0.2, 0.25) is 0 Å². The molecule has 24 heavy (non-hydrogen) atoms. The summed E-state index contributed by atoms with van der Waals surface area (Å²) in [6.07, 6.45) is 0. The Hall–Kier alpha value is -2.44. The summed E-state index contributed by atoms with van der Waals surface area (Å²) in [6, 6.07) is 12.8. The number of ether oxygens (including phenoxy) is 2. The first-order chi connectivity index (χ1) is 11.5. The lowest BCUT2D eigenvalue weighted by Gasteiger charge is -2.28. The van der Waals surface area contributed by atoms with E-state index < -0.39 is 17.3 Å². The number of carbonyl (C=O) groups is 1. The highest BCUT2D eigenvalue weighted by Crippen LogP contribution is 2.21. The lowest BCUT2D eigenvalue weighted by molar-refractivity contribution is -0.0334. The number of halogens is 1. The van der Waals surface area contributed by atoms with E-state index in [-0.39, 0.29) is 24.5 Å². The van der Waals surface area contributed by atoms with Gasteiger partial charge in [-0.1, -0.05) is 30.3 Å². The molecule has 0 saturated carbocycles. The summed E-state index contributed by atoms with van der Waals surface area (Å²) >= 11 is 0. The molecular weight excluding hydrogens is 313 g/mol. The van der Waals surface area contributed by atoms with Gasteiger partial charge in [-0.3, -0.25) is 4.79 Å². The zero-order valence-electron chi connectivity index (χ0n) is 13.6. The second-order valence-electron chi connectivity index (χ2n) is 5.36. The molecule has 1 amide bonds. The first-order valence-corrected chi connectivity index (χ1v) is 7.39. The van der Waals surface area contributed by atoms with Crippen LogP contribution in [0.4, 0.5) is 4.39 Å². The number of methoxy groups -OCH3 is 2. The van der Waals surface area contributed by atoms with Crippen LogP contribution in [0.1, 0.15) is 15.9 Å². The Morgan fingerprint density at radius 1 is 1.21 bits per heavy atom. The zero-order chi connectivity index (χ0) is 17.6. The fraction of sp³-hybridized carbons (Fsp3) is 0.278. The molecule has 5 nitrogen and oxygen atoms in total. The fourth-order valence-electron chi connectivity index (χ4n) is 2.36. The normalized spacial score (nSPS) is 13.2. The van der Waals surface area contributed by atoms with Crippen LogP contribution in [0.15, 0.2) is 48.5 Å². The van der Waals surface area contributed by atoms with Crippen molar-refractivity contribution in [2.45, 2.75) is 5.60 Å². The Morgan fingerprint density at radius 3 is 2.50 bits per heavy atom.